The fraction of sp³-hybridized carbons (Fsp3) is 0.700. The van der Waals surface area contributed by atoms with E-state index >= 15 is 0 Å². The molecule has 0 saturated heterocycles. The van der Waals surface area contributed by atoms with Gasteiger partial charge in [-0.25, -0.2) is 0 Å². The van der Waals surface area contributed by atoms with Gasteiger partial charge in [0.2, 0.25) is 0 Å². The minimum absolute atomic E-state index is 0.547. The van der Waals surface area contributed by atoms with Crippen molar-refractivity contribution >= 4 is 6.21 Å². The molecule has 0 aromatic rings. The van der Waals surface area contributed by atoms with Gasteiger partial charge in [-0.1, -0.05) is 33.8 Å². The van der Waals surface area contributed by atoms with Crippen molar-refractivity contribution in [2.45, 2.75) is 41.5 Å². The summed E-state index contributed by atoms with van der Waals surface area (Å²) < 4.78 is 0. The molecule has 0 spiro atoms. The fourth-order valence-corrected chi connectivity index (χ4v) is 0.706. The molecule has 1 nitrogen and oxygen atoms in total. The van der Waals surface area contributed by atoms with Crippen LogP contribution in [0.5, 0.6) is 0 Å². The third-order valence-corrected chi connectivity index (χ3v) is 1.17. The van der Waals surface area contributed by atoms with Gasteiger partial charge in [-0.05, 0) is 19.8 Å². The van der Waals surface area contributed by atoms with E-state index in [1.807, 2.05) is 40.0 Å². The number of hydrogen-bond acceptors (Lipinski definition) is 1. The summed E-state index contributed by atoms with van der Waals surface area (Å²) in [6.07, 6.45) is 3.88. The van der Waals surface area contributed by atoms with Crippen LogP contribution >= 0.6 is 0 Å². The second kappa shape index (κ2) is 9.41. The van der Waals surface area contributed by atoms with Crippen molar-refractivity contribution in [1.29, 1.82) is 0 Å². The first-order valence-corrected chi connectivity index (χ1v) is 4.37. The van der Waals surface area contributed by atoms with Crippen LogP contribution < -0.4 is 0 Å². The Bertz CT molecular complexity index is 121. The molecule has 1 heteroatoms. The van der Waals surface area contributed by atoms with E-state index in [9.17, 15) is 0 Å². The quantitative estimate of drug-likeness (QED) is 0.540. The third kappa shape index (κ3) is 7.31. The molecule has 0 fully saturated rings. The van der Waals surface area contributed by atoms with Gasteiger partial charge in [0.05, 0.1) is 0 Å². The highest BCUT2D eigenvalue weighted by Crippen LogP contribution is 2.08. The van der Waals surface area contributed by atoms with E-state index in [1.54, 1.807) is 0 Å². The van der Waals surface area contributed by atoms with Crippen LogP contribution in [0.2, 0.25) is 0 Å². The van der Waals surface area contributed by atoms with Crippen molar-refractivity contribution in [1.82, 2.24) is 0 Å². The van der Waals surface area contributed by atoms with Crippen molar-refractivity contribution < 1.29 is 0 Å². The van der Waals surface area contributed by atoms with E-state index < -0.39 is 0 Å². The molecule has 0 rings (SSSR count). The molecular weight excluding hydrogens is 134 g/mol. The summed E-state index contributed by atoms with van der Waals surface area (Å²) in [6.45, 7) is 12.2. The molecule has 0 aliphatic heterocycles. The zero-order chi connectivity index (χ0) is 9.28. The van der Waals surface area contributed by atoms with E-state index in [4.69, 9.17) is 0 Å². The van der Waals surface area contributed by atoms with Crippen LogP contribution in [0.1, 0.15) is 41.5 Å². The molecule has 0 aromatic carbocycles. The van der Waals surface area contributed by atoms with Crippen LogP contribution in [0, 0.1) is 5.92 Å². The lowest BCUT2D eigenvalue weighted by molar-refractivity contribution is 0.757. The zero-order valence-electron chi connectivity index (χ0n) is 8.68. The summed E-state index contributed by atoms with van der Waals surface area (Å²) in [6, 6.07) is 0. The number of nitrogens with zero attached hydrogens (tertiary/aromatic N) is 1. The lowest BCUT2D eigenvalue weighted by Gasteiger charge is -2.02. The molecule has 66 valence electrons. The van der Waals surface area contributed by atoms with Crippen LogP contribution in [-0.4, -0.2) is 6.21 Å². The van der Waals surface area contributed by atoms with Crippen molar-refractivity contribution in [2.24, 2.45) is 10.9 Å². The Hall–Kier alpha value is -0.590. The summed E-state index contributed by atoms with van der Waals surface area (Å²) in [4.78, 5) is 4.18. The summed E-state index contributed by atoms with van der Waals surface area (Å²) in [5.41, 5.74) is 1.16. The Morgan fingerprint density at radius 3 is 1.73 bits per heavy atom. The van der Waals surface area contributed by atoms with Crippen molar-refractivity contribution in [3.05, 3.63) is 11.8 Å². The van der Waals surface area contributed by atoms with Gasteiger partial charge in [-0.15, -0.1) is 0 Å². The summed E-state index contributed by atoms with van der Waals surface area (Å²) in [5, 5.41) is 0. The maximum atomic E-state index is 4.18. The minimum atomic E-state index is 0.547. The minimum Gasteiger partial charge on any atom is -0.266 e. The largest absolute Gasteiger partial charge is 0.266 e. The van der Waals surface area contributed by atoms with E-state index in [2.05, 4.69) is 18.8 Å². The Balaban J connectivity index is 0. The second-order valence-electron chi connectivity index (χ2n) is 2.26. The Kier molecular flexibility index (Phi) is 11.1. The maximum Gasteiger partial charge on any atom is 0.0382 e. The molecule has 0 saturated carbocycles. The van der Waals surface area contributed by atoms with Gasteiger partial charge in [0, 0.05) is 11.9 Å². The van der Waals surface area contributed by atoms with Crippen LogP contribution in [-0.2, 0) is 0 Å². The van der Waals surface area contributed by atoms with Crippen LogP contribution in [0.25, 0.3) is 0 Å². The number of hydrogen-bond donors (Lipinski definition) is 0. The summed E-state index contributed by atoms with van der Waals surface area (Å²) in [5.74, 6) is 0.547. The lowest BCUT2D eigenvalue weighted by atomic mass is 10.1. The van der Waals surface area contributed by atoms with E-state index in [0.717, 1.165) is 5.70 Å². The molecule has 0 aromatic heterocycles. The summed E-state index contributed by atoms with van der Waals surface area (Å²) >= 11 is 0. The van der Waals surface area contributed by atoms with Crippen LogP contribution in [0.4, 0.5) is 0 Å². The number of allylic oxidation sites excluding steroid dienone is 2. The molecule has 0 heterocycles. The van der Waals surface area contributed by atoms with E-state index in [-0.39, 0.29) is 0 Å². The number of aliphatic imine (C=N–C) groups is 1. The second-order valence-corrected chi connectivity index (χ2v) is 2.26. The molecule has 0 atom stereocenters. The molecule has 0 aliphatic rings. The van der Waals surface area contributed by atoms with E-state index in [1.165, 1.54) is 0 Å². The standard InChI is InChI=1S/C8H15N.C2H6/c1-5-8(7(3)4)9-6-2;1-2/h5-7H,1-4H3;1-2H3/b8-5-,9-6?;. The average molecular weight is 155 g/mol. The third-order valence-electron chi connectivity index (χ3n) is 1.17. The van der Waals surface area contributed by atoms with Gasteiger partial charge in [0.15, 0.2) is 0 Å². The topological polar surface area (TPSA) is 12.4 Å². The normalized spacial score (nSPS) is 11.7. The van der Waals surface area contributed by atoms with Gasteiger partial charge in [-0.3, -0.25) is 4.99 Å². The van der Waals surface area contributed by atoms with Crippen molar-refractivity contribution in [3.63, 3.8) is 0 Å². The highest BCUT2D eigenvalue weighted by Gasteiger charge is 1.95. The average Bonchev–Trinajstić information content (AvgIpc) is 2.03. The fourth-order valence-electron chi connectivity index (χ4n) is 0.706. The van der Waals surface area contributed by atoms with Gasteiger partial charge in [0.25, 0.3) is 0 Å². The van der Waals surface area contributed by atoms with Crippen LogP contribution in [0.3, 0.4) is 0 Å². The number of rotatable bonds is 2. The first-order valence-electron chi connectivity index (χ1n) is 4.37. The first kappa shape index (κ1) is 13.0. The molecule has 0 unspecified atom stereocenters. The van der Waals surface area contributed by atoms with E-state index in [0.29, 0.717) is 5.92 Å². The Morgan fingerprint density at radius 1 is 1.18 bits per heavy atom. The monoisotopic (exact) mass is 155 g/mol. The zero-order valence-corrected chi connectivity index (χ0v) is 8.68. The van der Waals surface area contributed by atoms with Gasteiger partial charge < -0.3 is 0 Å². The van der Waals surface area contributed by atoms with Crippen molar-refractivity contribution in [3.8, 4) is 0 Å². The molecule has 0 N–H and O–H groups in total. The molecule has 0 bridgehead atoms. The van der Waals surface area contributed by atoms with Gasteiger partial charge in [0.1, 0.15) is 0 Å². The summed E-state index contributed by atoms with van der Waals surface area (Å²) in [7, 11) is 0. The Morgan fingerprint density at radius 2 is 1.64 bits per heavy atom. The van der Waals surface area contributed by atoms with Gasteiger partial charge >= 0.3 is 0 Å². The Labute approximate surface area is 71.2 Å². The maximum absolute atomic E-state index is 4.18. The molecule has 0 radical (unpaired) electrons. The first-order chi connectivity index (χ1) is 5.22. The SMILES string of the molecule is CC.CC=N/C(=C\C)C(C)C. The van der Waals surface area contributed by atoms with Crippen molar-refractivity contribution in [2.75, 3.05) is 0 Å². The van der Waals surface area contributed by atoms with Crippen LogP contribution in [0.15, 0.2) is 16.8 Å². The highest BCUT2D eigenvalue weighted by molar-refractivity contribution is 5.55. The molecule has 11 heavy (non-hydrogen) atoms. The lowest BCUT2D eigenvalue weighted by Crippen LogP contribution is -1.89. The molecule has 0 aliphatic carbocycles. The highest BCUT2D eigenvalue weighted by atomic mass is 14.7. The predicted molar refractivity (Wildman–Crippen MR) is 54.1 cm³/mol. The predicted octanol–water partition coefficient (Wildman–Crippen LogP) is 3.66. The molecule has 0 amide bonds. The molecular formula is C10H21N. The van der Waals surface area contributed by atoms with Gasteiger partial charge in [-0.2, -0.15) is 0 Å². The smallest absolute Gasteiger partial charge is 0.0382 e.